The van der Waals surface area contributed by atoms with Crippen molar-refractivity contribution in [2.45, 2.75) is 10.4 Å². The van der Waals surface area contributed by atoms with Crippen LogP contribution in [0.5, 0.6) is 5.75 Å². The van der Waals surface area contributed by atoms with Gasteiger partial charge in [-0.15, -0.1) is 0 Å². The number of para-hydroxylation sites is 1. The molecule has 0 aromatic heterocycles. The van der Waals surface area contributed by atoms with Crippen LogP contribution in [0, 0.1) is 11.3 Å². The van der Waals surface area contributed by atoms with Gasteiger partial charge in [-0.05, 0) is 48.2 Å². The lowest BCUT2D eigenvalue weighted by molar-refractivity contribution is -0.0328. The fraction of sp³-hybridized carbons (Fsp3) is 0.0667. The van der Waals surface area contributed by atoms with Gasteiger partial charge in [0.1, 0.15) is 6.07 Å². The van der Waals surface area contributed by atoms with Gasteiger partial charge in [0, 0.05) is 10.6 Å². The molecule has 0 aliphatic rings. The van der Waals surface area contributed by atoms with Crippen LogP contribution in [0.2, 0.25) is 0 Å². The number of amides is 1. The zero-order valence-corrected chi connectivity index (χ0v) is 12.2. The summed E-state index contributed by atoms with van der Waals surface area (Å²) < 4.78 is 41.6. The smallest absolute Gasteiger partial charge is 0.409 e. The van der Waals surface area contributed by atoms with Crippen LogP contribution in [0.1, 0.15) is 5.56 Å². The van der Waals surface area contributed by atoms with Crippen molar-refractivity contribution in [3.63, 3.8) is 0 Å². The van der Waals surface area contributed by atoms with Crippen molar-refractivity contribution in [3.05, 3.63) is 54.1 Å². The predicted octanol–water partition coefficient (Wildman–Crippen LogP) is 4.78. The van der Waals surface area contributed by atoms with Crippen LogP contribution in [-0.4, -0.2) is 11.6 Å². The van der Waals surface area contributed by atoms with E-state index in [0.717, 1.165) is 0 Å². The second-order valence-corrected chi connectivity index (χ2v) is 5.33. The molecule has 0 aliphatic carbocycles. The summed E-state index contributed by atoms with van der Waals surface area (Å²) in [7, 11) is 0. The minimum atomic E-state index is -4.37. The molecule has 0 saturated heterocycles. The largest absolute Gasteiger partial charge is 0.446 e. The molecule has 0 bridgehead atoms. The summed E-state index contributed by atoms with van der Waals surface area (Å²) in [6.07, 6.45) is -0.844. The van der Waals surface area contributed by atoms with Crippen LogP contribution in [0.15, 0.2) is 53.4 Å². The fourth-order valence-electron chi connectivity index (χ4n) is 1.63. The molecule has 0 unspecified atom stereocenters. The third-order valence-corrected chi connectivity index (χ3v) is 3.28. The van der Waals surface area contributed by atoms with Crippen molar-refractivity contribution in [2.24, 2.45) is 0 Å². The third-order valence-electron chi connectivity index (χ3n) is 2.54. The van der Waals surface area contributed by atoms with Gasteiger partial charge in [-0.1, -0.05) is 12.1 Å². The van der Waals surface area contributed by atoms with Gasteiger partial charge < -0.3 is 4.74 Å². The number of carbonyl (C=O) groups excluding carboxylic acids is 1. The summed E-state index contributed by atoms with van der Waals surface area (Å²) in [5.41, 5.74) is -3.90. The molecule has 1 amide bonds. The van der Waals surface area contributed by atoms with E-state index in [-0.39, 0.29) is 33.7 Å². The van der Waals surface area contributed by atoms with Gasteiger partial charge in [0.15, 0.2) is 5.75 Å². The molecule has 0 heterocycles. The lowest BCUT2D eigenvalue weighted by atomic mass is 10.2. The van der Waals surface area contributed by atoms with E-state index >= 15 is 0 Å². The molecule has 0 atom stereocenters. The normalized spacial score (nSPS) is 10.7. The SMILES string of the molecule is N#Cc1ccccc1OC(=O)Nc1ccc(SC(F)(F)F)cc1. The van der Waals surface area contributed by atoms with E-state index in [1.165, 1.54) is 36.4 Å². The van der Waals surface area contributed by atoms with Crippen LogP contribution < -0.4 is 10.1 Å². The highest BCUT2D eigenvalue weighted by molar-refractivity contribution is 8.00. The Morgan fingerprint density at radius 1 is 1.13 bits per heavy atom. The molecule has 2 aromatic rings. The maximum atomic E-state index is 12.2. The molecule has 1 N–H and O–H groups in total. The Bertz CT molecular complexity index is 740. The summed E-state index contributed by atoms with van der Waals surface area (Å²) in [6.45, 7) is 0. The number of nitrogens with one attached hydrogen (secondary N) is 1. The highest BCUT2D eigenvalue weighted by Gasteiger charge is 2.29. The second kappa shape index (κ2) is 7.07. The first kappa shape index (κ1) is 16.7. The number of halogens is 3. The van der Waals surface area contributed by atoms with E-state index in [1.54, 1.807) is 12.1 Å². The molecule has 0 saturated carbocycles. The van der Waals surface area contributed by atoms with Crippen LogP contribution in [-0.2, 0) is 0 Å². The van der Waals surface area contributed by atoms with E-state index in [2.05, 4.69) is 5.32 Å². The van der Waals surface area contributed by atoms with Crippen molar-refractivity contribution >= 4 is 23.5 Å². The first-order valence-corrected chi connectivity index (χ1v) is 7.03. The molecule has 0 fully saturated rings. The van der Waals surface area contributed by atoms with Gasteiger partial charge in [-0.2, -0.15) is 18.4 Å². The Morgan fingerprint density at radius 3 is 2.39 bits per heavy atom. The van der Waals surface area contributed by atoms with Gasteiger partial charge in [0.05, 0.1) is 5.56 Å². The Hall–Kier alpha value is -2.66. The Balaban J connectivity index is 1.99. The number of thioether (sulfide) groups is 1. The van der Waals surface area contributed by atoms with Gasteiger partial charge in [0.25, 0.3) is 0 Å². The summed E-state index contributed by atoms with van der Waals surface area (Å²) in [5.74, 6) is 0.0942. The highest BCUT2D eigenvalue weighted by Crippen LogP contribution is 2.37. The van der Waals surface area contributed by atoms with Crippen molar-refractivity contribution in [1.29, 1.82) is 5.26 Å². The monoisotopic (exact) mass is 338 g/mol. The number of alkyl halides is 3. The number of hydrogen-bond donors (Lipinski definition) is 1. The molecular formula is C15H9F3N2O2S. The lowest BCUT2D eigenvalue weighted by Crippen LogP contribution is -2.17. The average molecular weight is 338 g/mol. The topological polar surface area (TPSA) is 62.1 Å². The Morgan fingerprint density at radius 2 is 1.78 bits per heavy atom. The minimum absolute atomic E-state index is 0.00578. The van der Waals surface area contributed by atoms with Crippen molar-refractivity contribution in [2.75, 3.05) is 5.32 Å². The summed E-state index contributed by atoms with van der Waals surface area (Å²) >= 11 is -0.244. The lowest BCUT2D eigenvalue weighted by Gasteiger charge is -2.09. The number of ether oxygens (including phenoxy) is 1. The molecule has 4 nitrogen and oxygen atoms in total. The summed E-state index contributed by atoms with van der Waals surface area (Å²) in [5, 5.41) is 11.3. The first-order valence-electron chi connectivity index (χ1n) is 6.21. The minimum Gasteiger partial charge on any atom is -0.409 e. The van der Waals surface area contributed by atoms with Crippen LogP contribution >= 0.6 is 11.8 Å². The van der Waals surface area contributed by atoms with Crippen LogP contribution in [0.3, 0.4) is 0 Å². The van der Waals surface area contributed by atoms with E-state index < -0.39 is 11.6 Å². The van der Waals surface area contributed by atoms with E-state index in [4.69, 9.17) is 10.00 Å². The molecule has 118 valence electrons. The molecular weight excluding hydrogens is 329 g/mol. The zero-order chi connectivity index (χ0) is 16.9. The van der Waals surface area contributed by atoms with Crippen LogP contribution in [0.4, 0.5) is 23.7 Å². The van der Waals surface area contributed by atoms with Gasteiger partial charge >= 0.3 is 11.6 Å². The maximum absolute atomic E-state index is 12.2. The highest BCUT2D eigenvalue weighted by atomic mass is 32.2. The number of hydrogen-bond acceptors (Lipinski definition) is 4. The standard InChI is InChI=1S/C15H9F3N2O2S/c16-15(17,18)23-12-7-5-11(6-8-12)20-14(21)22-13-4-2-1-3-10(13)9-19/h1-8H,(H,20,21). The van der Waals surface area contributed by atoms with E-state index in [9.17, 15) is 18.0 Å². The number of anilines is 1. The van der Waals surface area contributed by atoms with Crippen LogP contribution in [0.25, 0.3) is 0 Å². The van der Waals surface area contributed by atoms with Gasteiger partial charge in [-0.3, -0.25) is 5.32 Å². The molecule has 23 heavy (non-hydrogen) atoms. The molecule has 0 radical (unpaired) electrons. The number of carbonyl (C=O) groups is 1. The number of rotatable bonds is 3. The van der Waals surface area contributed by atoms with Crippen molar-refractivity contribution in [1.82, 2.24) is 0 Å². The van der Waals surface area contributed by atoms with Crippen molar-refractivity contribution in [3.8, 4) is 11.8 Å². The molecule has 0 spiro atoms. The van der Waals surface area contributed by atoms with Gasteiger partial charge in [-0.25, -0.2) is 4.79 Å². The maximum Gasteiger partial charge on any atom is 0.446 e. The fourth-order valence-corrected chi connectivity index (χ4v) is 2.17. The Kier molecular flexibility index (Phi) is 5.13. The van der Waals surface area contributed by atoms with Gasteiger partial charge in [0.2, 0.25) is 0 Å². The first-order chi connectivity index (χ1) is 10.9. The summed E-state index contributed by atoms with van der Waals surface area (Å²) in [4.78, 5) is 11.7. The molecule has 8 heteroatoms. The zero-order valence-electron chi connectivity index (χ0n) is 11.4. The predicted molar refractivity (Wildman–Crippen MR) is 79.2 cm³/mol. The molecule has 2 rings (SSSR count). The molecule has 2 aromatic carbocycles. The number of nitriles is 1. The summed E-state index contributed by atoms with van der Waals surface area (Å²) in [6, 6.07) is 13.2. The number of nitrogens with zero attached hydrogens (tertiary/aromatic N) is 1. The van der Waals surface area contributed by atoms with E-state index in [1.807, 2.05) is 6.07 Å². The number of benzene rings is 2. The van der Waals surface area contributed by atoms with Crippen molar-refractivity contribution < 1.29 is 22.7 Å². The quantitative estimate of drug-likeness (QED) is 0.818. The van der Waals surface area contributed by atoms with E-state index in [0.29, 0.717) is 0 Å². The molecule has 0 aliphatic heterocycles. The Labute approximate surface area is 133 Å². The third kappa shape index (κ3) is 5.23. The average Bonchev–Trinajstić information content (AvgIpc) is 2.48. The second-order valence-electron chi connectivity index (χ2n) is 4.19.